The fourth-order valence-corrected chi connectivity index (χ4v) is 2.77. The molecule has 0 saturated heterocycles. The number of aromatic carboxylic acids is 1. The van der Waals surface area contributed by atoms with Crippen LogP contribution in [0.4, 0.5) is 5.69 Å². The molecule has 1 heterocycles. The van der Waals surface area contributed by atoms with Crippen molar-refractivity contribution in [2.24, 2.45) is 0 Å². The minimum Gasteiger partial charge on any atom is -0.475 e. The van der Waals surface area contributed by atoms with E-state index >= 15 is 0 Å². The summed E-state index contributed by atoms with van der Waals surface area (Å²) < 4.78 is 16.9. The molecule has 1 aromatic carbocycles. The van der Waals surface area contributed by atoms with Crippen molar-refractivity contribution in [2.75, 3.05) is 5.75 Å². The molecule has 0 aliphatic rings. The summed E-state index contributed by atoms with van der Waals surface area (Å²) in [7, 11) is -1.55. The van der Waals surface area contributed by atoms with E-state index in [1.807, 2.05) is 0 Å². The van der Waals surface area contributed by atoms with Crippen molar-refractivity contribution in [3.05, 3.63) is 57.8 Å². The van der Waals surface area contributed by atoms with E-state index in [1.54, 1.807) is 18.2 Å². The summed E-state index contributed by atoms with van der Waals surface area (Å²) in [5.41, 5.74) is 0.445. The monoisotopic (exact) mass is 309 g/mol. The van der Waals surface area contributed by atoms with Crippen LogP contribution in [0.2, 0.25) is 0 Å². The van der Waals surface area contributed by atoms with E-state index in [9.17, 15) is 19.1 Å². The predicted molar refractivity (Wildman–Crippen MR) is 73.7 cm³/mol. The van der Waals surface area contributed by atoms with Gasteiger partial charge in [-0.25, -0.2) is 4.79 Å². The molecule has 1 aromatic heterocycles. The number of hydrogen-bond donors (Lipinski definition) is 1. The predicted octanol–water partition coefficient (Wildman–Crippen LogP) is 2.24. The fourth-order valence-electron chi connectivity index (χ4n) is 1.76. The Bertz CT molecular complexity index is 708. The molecule has 0 radical (unpaired) electrons. The molecule has 0 fully saturated rings. The first-order chi connectivity index (χ1) is 9.99. The summed E-state index contributed by atoms with van der Waals surface area (Å²) in [6.07, 6.45) is 0.229. The van der Waals surface area contributed by atoms with Crippen molar-refractivity contribution >= 4 is 22.5 Å². The first-order valence-electron chi connectivity index (χ1n) is 5.93. The van der Waals surface area contributed by atoms with Gasteiger partial charge in [-0.15, -0.1) is 0 Å². The summed E-state index contributed by atoms with van der Waals surface area (Å²) in [4.78, 5) is 21.0. The number of carboxylic acid groups (broad SMARTS) is 1. The smallest absolute Gasteiger partial charge is 0.371 e. The van der Waals surface area contributed by atoms with Crippen LogP contribution in [0.3, 0.4) is 0 Å². The van der Waals surface area contributed by atoms with Crippen LogP contribution >= 0.6 is 0 Å². The molecular weight excluding hydrogens is 298 g/mol. The average Bonchev–Trinajstić information content (AvgIpc) is 2.95. The third kappa shape index (κ3) is 3.54. The number of para-hydroxylation sites is 1. The van der Waals surface area contributed by atoms with Gasteiger partial charge in [-0.1, -0.05) is 18.2 Å². The van der Waals surface area contributed by atoms with Gasteiger partial charge in [0.25, 0.3) is 5.69 Å². The average molecular weight is 309 g/mol. The molecule has 1 unspecified atom stereocenters. The van der Waals surface area contributed by atoms with Crippen LogP contribution in [0.25, 0.3) is 0 Å². The van der Waals surface area contributed by atoms with Gasteiger partial charge >= 0.3 is 5.97 Å². The molecule has 7 nitrogen and oxygen atoms in total. The van der Waals surface area contributed by atoms with Gasteiger partial charge in [-0.2, -0.15) is 0 Å². The van der Waals surface area contributed by atoms with Crippen molar-refractivity contribution in [1.82, 2.24) is 0 Å². The second-order valence-electron chi connectivity index (χ2n) is 4.11. The van der Waals surface area contributed by atoms with E-state index in [2.05, 4.69) is 0 Å². The molecule has 0 spiro atoms. The van der Waals surface area contributed by atoms with Crippen LogP contribution < -0.4 is 0 Å². The van der Waals surface area contributed by atoms with Gasteiger partial charge in [0, 0.05) is 17.4 Å². The minimum absolute atomic E-state index is 0.0276. The highest BCUT2D eigenvalue weighted by atomic mass is 32.2. The topological polar surface area (TPSA) is 111 Å². The van der Waals surface area contributed by atoms with E-state index in [0.717, 1.165) is 0 Å². The number of carboxylic acids is 1. The maximum absolute atomic E-state index is 12.0. The molecule has 1 N–H and O–H groups in total. The maximum atomic E-state index is 12.0. The first-order valence-corrected chi connectivity index (χ1v) is 7.24. The van der Waals surface area contributed by atoms with Gasteiger partial charge in [0.05, 0.1) is 15.7 Å². The molecule has 8 heteroatoms. The lowest BCUT2D eigenvalue weighted by molar-refractivity contribution is -0.385. The highest BCUT2D eigenvalue weighted by molar-refractivity contribution is 7.84. The summed E-state index contributed by atoms with van der Waals surface area (Å²) >= 11 is 0. The lowest BCUT2D eigenvalue weighted by atomic mass is 10.1. The molecule has 0 amide bonds. The number of nitro groups is 1. The Morgan fingerprint density at radius 1 is 1.29 bits per heavy atom. The summed E-state index contributed by atoms with van der Waals surface area (Å²) in [5, 5.41) is 19.6. The van der Waals surface area contributed by atoms with E-state index in [1.165, 1.54) is 18.2 Å². The number of rotatable bonds is 6. The Hall–Kier alpha value is -2.48. The third-order valence-corrected chi connectivity index (χ3v) is 4.00. The summed E-state index contributed by atoms with van der Waals surface area (Å²) in [5.74, 6) is -1.42. The number of nitrogens with zero attached hydrogens (tertiary/aromatic N) is 1. The summed E-state index contributed by atoms with van der Waals surface area (Å²) in [6.45, 7) is 0. The first kappa shape index (κ1) is 14.9. The molecule has 0 saturated carbocycles. The fraction of sp³-hybridized carbons (Fsp3) is 0.154. The van der Waals surface area contributed by atoms with Crippen LogP contribution in [0.15, 0.2) is 45.9 Å². The number of nitro benzene ring substituents is 1. The molecule has 110 valence electrons. The lowest BCUT2D eigenvalue weighted by Crippen LogP contribution is -2.03. The Morgan fingerprint density at radius 3 is 2.62 bits per heavy atom. The van der Waals surface area contributed by atoms with Gasteiger partial charge in [0.15, 0.2) is 5.09 Å². The molecule has 2 aromatic rings. The zero-order chi connectivity index (χ0) is 15.4. The van der Waals surface area contributed by atoms with Crippen molar-refractivity contribution < 1.29 is 23.5 Å². The minimum atomic E-state index is -1.55. The summed E-state index contributed by atoms with van der Waals surface area (Å²) in [6, 6.07) is 8.76. The SMILES string of the molecule is O=C(O)c1ccc(S(=O)CCc2ccccc2[N+](=O)[O-])o1. The quantitative estimate of drug-likeness (QED) is 0.647. The van der Waals surface area contributed by atoms with E-state index in [0.29, 0.717) is 5.56 Å². The standard InChI is InChI=1S/C13H11NO6S/c15-13(16)11-5-6-12(20-11)21(19)8-7-9-3-1-2-4-10(9)14(17)18/h1-6H,7-8H2,(H,15,16). The van der Waals surface area contributed by atoms with Gasteiger partial charge in [0.2, 0.25) is 5.76 Å². The Morgan fingerprint density at radius 2 is 2.00 bits per heavy atom. The normalized spacial score (nSPS) is 12.0. The molecule has 0 aliphatic heterocycles. The highest BCUT2D eigenvalue weighted by Gasteiger charge is 2.16. The lowest BCUT2D eigenvalue weighted by Gasteiger charge is -2.02. The Kier molecular flexibility index (Phi) is 4.49. The van der Waals surface area contributed by atoms with Crippen LogP contribution in [-0.4, -0.2) is 26.0 Å². The molecule has 21 heavy (non-hydrogen) atoms. The van der Waals surface area contributed by atoms with Gasteiger partial charge in [-0.05, 0) is 18.6 Å². The second kappa shape index (κ2) is 6.31. The molecule has 0 aliphatic carbocycles. The number of hydrogen-bond acceptors (Lipinski definition) is 5. The largest absolute Gasteiger partial charge is 0.475 e. The second-order valence-corrected chi connectivity index (χ2v) is 5.61. The maximum Gasteiger partial charge on any atom is 0.371 e. The van der Waals surface area contributed by atoms with Gasteiger partial charge in [0.1, 0.15) is 0 Å². The number of aryl methyl sites for hydroxylation is 1. The number of furan rings is 1. The number of carbonyl (C=O) groups is 1. The van der Waals surface area contributed by atoms with Crippen molar-refractivity contribution in [1.29, 1.82) is 0 Å². The zero-order valence-electron chi connectivity index (χ0n) is 10.7. The van der Waals surface area contributed by atoms with Crippen LogP contribution in [0.5, 0.6) is 0 Å². The van der Waals surface area contributed by atoms with E-state index < -0.39 is 21.7 Å². The third-order valence-electron chi connectivity index (χ3n) is 2.76. The zero-order valence-corrected chi connectivity index (χ0v) is 11.5. The van der Waals surface area contributed by atoms with E-state index in [4.69, 9.17) is 9.52 Å². The van der Waals surface area contributed by atoms with Crippen molar-refractivity contribution in [2.45, 2.75) is 11.5 Å². The molecule has 1 atom stereocenters. The van der Waals surface area contributed by atoms with Gasteiger partial charge in [-0.3, -0.25) is 14.3 Å². The molecule has 0 bridgehead atoms. The highest BCUT2D eigenvalue weighted by Crippen LogP contribution is 2.20. The Balaban J connectivity index is 2.07. The van der Waals surface area contributed by atoms with E-state index in [-0.39, 0.29) is 28.7 Å². The van der Waals surface area contributed by atoms with Gasteiger partial charge < -0.3 is 9.52 Å². The van der Waals surface area contributed by atoms with Crippen LogP contribution in [0.1, 0.15) is 16.1 Å². The molecular formula is C13H11NO6S. The number of benzene rings is 1. The van der Waals surface area contributed by atoms with Crippen molar-refractivity contribution in [3.63, 3.8) is 0 Å². The molecule has 2 rings (SSSR count). The van der Waals surface area contributed by atoms with Crippen molar-refractivity contribution in [3.8, 4) is 0 Å². The van der Waals surface area contributed by atoms with Crippen LogP contribution in [-0.2, 0) is 17.2 Å². The Labute approximate surface area is 121 Å². The van der Waals surface area contributed by atoms with Crippen LogP contribution in [0, 0.1) is 10.1 Å².